The molecule has 0 saturated carbocycles. The highest BCUT2D eigenvalue weighted by molar-refractivity contribution is 5.62. The van der Waals surface area contributed by atoms with Gasteiger partial charge in [-0.3, -0.25) is 15.8 Å². The molecule has 3 rings (SSSR count). The Balaban J connectivity index is 1.84. The minimum Gasteiger partial charge on any atom is -0.354 e. The van der Waals surface area contributed by atoms with E-state index in [9.17, 15) is 17.6 Å². The number of aromatic nitrogens is 3. The summed E-state index contributed by atoms with van der Waals surface area (Å²) in [5, 5.41) is 3.08. The average molecular weight is 435 g/mol. The molecule has 0 spiro atoms. The van der Waals surface area contributed by atoms with Gasteiger partial charge in [0.1, 0.15) is 5.69 Å². The van der Waals surface area contributed by atoms with Gasteiger partial charge in [-0.25, -0.2) is 22.5 Å². The first-order valence-electron chi connectivity index (χ1n) is 9.39. The second kappa shape index (κ2) is 10.0. The van der Waals surface area contributed by atoms with Crippen molar-refractivity contribution >= 4 is 17.5 Å². The molecule has 0 fully saturated rings. The Kier molecular flexibility index (Phi) is 7.19. The highest BCUT2D eigenvalue weighted by Crippen LogP contribution is 2.25. The topological polar surface area (TPSA) is 78.0 Å². The zero-order valence-corrected chi connectivity index (χ0v) is 16.9. The third-order valence-corrected chi connectivity index (χ3v) is 4.15. The SMILES string of the molecule is CN(C)CCCNc1nc(NNc2c(F)c(F)cc(F)c2F)cc(-c2ccccn2)n1. The van der Waals surface area contributed by atoms with E-state index in [1.54, 1.807) is 24.4 Å². The summed E-state index contributed by atoms with van der Waals surface area (Å²) >= 11 is 0. The van der Waals surface area contributed by atoms with E-state index in [2.05, 4.69) is 31.1 Å². The maximum atomic E-state index is 13.9. The van der Waals surface area contributed by atoms with Crippen LogP contribution >= 0.6 is 0 Å². The number of hydrazine groups is 1. The maximum Gasteiger partial charge on any atom is 0.225 e. The lowest BCUT2D eigenvalue weighted by Gasteiger charge is -2.14. The predicted molar refractivity (Wildman–Crippen MR) is 110 cm³/mol. The number of hydrogen-bond donors (Lipinski definition) is 3. The number of anilines is 3. The van der Waals surface area contributed by atoms with E-state index in [0.717, 1.165) is 13.0 Å². The molecule has 0 bridgehead atoms. The van der Waals surface area contributed by atoms with Crippen molar-refractivity contribution in [1.82, 2.24) is 19.9 Å². The first-order chi connectivity index (χ1) is 14.8. The van der Waals surface area contributed by atoms with Crippen molar-refractivity contribution in [3.8, 4) is 11.4 Å². The predicted octanol–water partition coefficient (Wildman–Crippen LogP) is 3.90. The van der Waals surface area contributed by atoms with Crippen LogP contribution in [0.1, 0.15) is 6.42 Å². The minimum absolute atomic E-state index is 0.106. The summed E-state index contributed by atoms with van der Waals surface area (Å²) in [6.07, 6.45) is 2.41. The van der Waals surface area contributed by atoms with Crippen molar-refractivity contribution in [3.05, 3.63) is 59.8 Å². The van der Waals surface area contributed by atoms with E-state index in [-0.39, 0.29) is 17.8 Å². The lowest BCUT2D eigenvalue weighted by Crippen LogP contribution is -2.18. The molecule has 0 aliphatic rings. The van der Waals surface area contributed by atoms with E-state index in [0.29, 0.717) is 17.9 Å². The lowest BCUT2D eigenvalue weighted by atomic mass is 10.2. The van der Waals surface area contributed by atoms with Gasteiger partial charge in [-0.15, -0.1) is 0 Å². The first-order valence-corrected chi connectivity index (χ1v) is 9.39. The quantitative estimate of drug-likeness (QED) is 0.204. The van der Waals surface area contributed by atoms with Crippen LogP contribution < -0.4 is 16.2 Å². The summed E-state index contributed by atoms with van der Waals surface area (Å²) in [7, 11) is 3.92. The number of halogens is 4. The van der Waals surface area contributed by atoms with E-state index >= 15 is 0 Å². The van der Waals surface area contributed by atoms with Gasteiger partial charge in [-0.2, -0.15) is 4.98 Å². The maximum absolute atomic E-state index is 13.9. The molecule has 3 N–H and O–H groups in total. The summed E-state index contributed by atoms with van der Waals surface area (Å²) in [6.45, 7) is 1.43. The van der Waals surface area contributed by atoms with Crippen LogP contribution in [0.3, 0.4) is 0 Å². The molecule has 0 aliphatic carbocycles. The van der Waals surface area contributed by atoms with Crippen LogP contribution in [-0.4, -0.2) is 47.0 Å². The molecule has 31 heavy (non-hydrogen) atoms. The zero-order chi connectivity index (χ0) is 22.4. The number of hydrogen-bond acceptors (Lipinski definition) is 7. The first kappa shape index (κ1) is 22.2. The Bertz CT molecular complexity index is 1010. The molecule has 7 nitrogen and oxygen atoms in total. The molecule has 2 aromatic heterocycles. The molecule has 0 aliphatic heterocycles. The number of pyridine rings is 1. The van der Waals surface area contributed by atoms with Gasteiger partial charge < -0.3 is 10.2 Å². The Hall–Kier alpha value is -3.47. The lowest BCUT2D eigenvalue weighted by molar-refractivity contribution is 0.405. The smallest absolute Gasteiger partial charge is 0.225 e. The fourth-order valence-corrected chi connectivity index (χ4v) is 2.64. The Labute approximate surface area is 176 Å². The fourth-order valence-electron chi connectivity index (χ4n) is 2.64. The number of benzene rings is 1. The number of nitrogens with zero attached hydrogens (tertiary/aromatic N) is 4. The summed E-state index contributed by atoms with van der Waals surface area (Å²) in [4.78, 5) is 14.9. The highest BCUT2D eigenvalue weighted by Gasteiger charge is 2.19. The average Bonchev–Trinajstić information content (AvgIpc) is 2.76. The molecule has 11 heteroatoms. The largest absolute Gasteiger partial charge is 0.354 e. The minimum atomic E-state index is -1.56. The van der Waals surface area contributed by atoms with E-state index in [1.807, 2.05) is 19.0 Å². The van der Waals surface area contributed by atoms with Crippen molar-refractivity contribution < 1.29 is 17.6 Å². The number of rotatable bonds is 9. The third-order valence-electron chi connectivity index (χ3n) is 4.15. The normalized spacial score (nSPS) is 10.9. The molecular weight excluding hydrogens is 414 g/mol. The zero-order valence-electron chi connectivity index (χ0n) is 16.9. The van der Waals surface area contributed by atoms with Crippen molar-refractivity contribution in [2.24, 2.45) is 0 Å². The van der Waals surface area contributed by atoms with Gasteiger partial charge in [0.2, 0.25) is 5.95 Å². The molecule has 0 amide bonds. The van der Waals surface area contributed by atoms with Crippen molar-refractivity contribution in [1.29, 1.82) is 0 Å². The van der Waals surface area contributed by atoms with Gasteiger partial charge in [0.05, 0.1) is 11.4 Å². The Morgan fingerprint density at radius 2 is 1.65 bits per heavy atom. The van der Waals surface area contributed by atoms with Crippen LogP contribution in [0.25, 0.3) is 11.4 Å². The van der Waals surface area contributed by atoms with Gasteiger partial charge in [0, 0.05) is 24.9 Å². The van der Waals surface area contributed by atoms with Crippen LogP contribution in [0.15, 0.2) is 36.5 Å². The molecule has 1 aromatic carbocycles. The second-order valence-corrected chi connectivity index (χ2v) is 6.85. The van der Waals surface area contributed by atoms with E-state index < -0.39 is 29.0 Å². The van der Waals surface area contributed by atoms with E-state index in [4.69, 9.17) is 0 Å². The van der Waals surface area contributed by atoms with Gasteiger partial charge >= 0.3 is 0 Å². The Morgan fingerprint density at radius 1 is 0.903 bits per heavy atom. The molecule has 3 aromatic rings. The van der Waals surface area contributed by atoms with Crippen LogP contribution in [0.2, 0.25) is 0 Å². The molecule has 0 saturated heterocycles. The van der Waals surface area contributed by atoms with Crippen LogP contribution in [0.5, 0.6) is 0 Å². The van der Waals surface area contributed by atoms with Gasteiger partial charge in [-0.05, 0) is 39.2 Å². The third kappa shape index (κ3) is 5.79. The van der Waals surface area contributed by atoms with Crippen LogP contribution in [0, 0.1) is 23.3 Å². The van der Waals surface area contributed by atoms with Crippen molar-refractivity contribution in [3.63, 3.8) is 0 Å². The molecule has 164 valence electrons. The number of nitrogens with one attached hydrogen (secondary N) is 3. The highest BCUT2D eigenvalue weighted by atomic mass is 19.2. The Morgan fingerprint density at radius 3 is 2.29 bits per heavy atom. The standard InChI is InChI=1S/C20H21F4N7/c1-31(2)9-5-8-26-20-27-15(14-6-3-4-7-25-14)11-16(28-20)29-30-19-17(23)12(21)10-13(22)18(19)24/h3-4,6-7,10-11,30H,5,8-9H2,1-2H3,(H2,26,27,28,29). The summed E-state index contributed by atoms with van der Waals surface area (Å²) in [5.41, 5.74) is 4.58. The molecular formula is C20H21F4N7. The molecule has 2 heterocycles. The van der Waals surface area contributed by atoms with Gasteiger partial charge in [0.15, 0.2) is 29.1 Å². The van der Waals surface area contributed by atoms with Crippen molar-refractivity contribution in [2.45, 2.75) is 6.42 Å². The summed E-state index contributed by atoms with van der Waals surface area (Å²) in [6, 6.07) is 6.87. The molecule has 0 unspecified atom stereocenters. The summed E-state index contributed by atoms with van der Waals surface area (Å²) < 4.78 is 54.6. The van der Waals surface area contributed by atoms with Crippen LogP contribution in [-0.2, 0) is 0 Å². The van der Waals surface area contributed by atoms with Crippen LogP contribution in [0.4, 0.5) is 35.0 Å². The molecule has 0 radical (unpaired) electrons. The monoisotopic (exact) mass is 435 g/mol. The fraction of sp³-hybridized carbons (Fsp3) is 0.250. The second-order valence-electron chi connectivity index (χ2n) is 6.85. The summed E-state index contributed by atoms with van der Waals surface area (Å²) in [5.74, 6) is -5.82. The van der Waals surface area contributed by atoms with Gasteiger partial charge in [-0.1, -0.05) is 6.07 Å². The van der Waals surface area contributed by atoms with Gasteiger partial charge in [0.25, 0.3) is 0 Å². The van der Waals surface area contributed by atoms with Crippen molar-refractivity contribution in [2.75, 3.05) is 43.4 Å². The van der Waals surface area contributed by atoms with E-state index in [1.165, 1.54) is 6.07 Å². The molecule has 0 atom stereocenters.